The van der Waals surface area contributed by atoms with Crippen LogP contribution in [0.25, 0.3) is 0 Å². The minimum Gasteiger partial charge on any atom is -0.484 e. The second-order valence-electron chi connectivity index (χ2n) is 5.52. The fourth-order valence-corrected chi connectivity index (χ4v) is 2.38. The maximum atomic E-state index is 12.0. The Balaban J connectivity index is 1.84. The highest BCUT2D eigenvalue weighted by Gasteiger charge is 2.06. The van der Waals surface area contributed by atoms with Crippen LogP contribution < -0.4 is 15.4 Å². The van der Waals surface area contributed by atoms with Gasteiger partial charge in [0.2, 0.25) is 5.91 Å². The summed E-state index contributed by atoms with van der Waals surface area (Å²) >= 11 is 3.34. The highest BCUT2D eigenvalue weighted by Crippen LogP contribution is 2.17. The summed E-state index contributed by atoms with van der Waals surface area (Å²) in [6, 6.07) is 14.3. The van der Waals surface area contributed by atoms with Gasteiger partial charge in [-0.2, -0.15) is 0 Å². The molecule has 0 aromatic heterocycles. The van der Waals surface area contributed by atoms with Gasteiger partial charge in [-0.05, 0) is 48.9 Å². The zero-order valence-corrected chi connectivity index (χ0v) is 15.6. The number of halogens is 1. The molecule has 2 aromatic rings. The maximum absolute atomic E-state index is 12.0. The van der Waals surface area contributed by atoms with E-state index in [2.05, 4.69) is 26.6 Å². The molecular formula is C19H21BrN2O3. The predicted molar refractivity (Wildman–Crippen MR) is 103 cm³/mol. The number of unbranched alkanes of at least 4 members (excludes halogenated alkanes) is 1. The minimum absolute atomic E-state index is 0.0242. The normalized spacial score (nSPS) is 10.2. The van der Waals surface area contributed by atoms with Crippen LogP contribution in [0.15, 0.2) is 53.0 Å². The second-order valence-corrected chi connectivity index (χ2v) is 6.44. The molecule has 0 aliphatic rings. The highest BCUT2D eigenvalue weighted by atomic mass is 79.9. The van der Waals surface area contributed by atoms with Gasteiger partial charge in [0.15, 0.2) is 6.61 Å². The van der Waals surface area contributed by atoms with E-state index in [1.807, 2.05) is 19.1 Å². The van der Waals surface area contributed by atoms with Crippen molar-refractivity contribution in [3.63, 3.8) is 0 Å². The van der Waals surface area contributed by atoms with Crippen molar-refractivity contribution in [1.82, 2.24) is 0 Å². The smallest absolute Gasteiger partial charge is 0.262 e. The lowest BCUT2D eigenvalue weighted by Crippen LogP contribution is -2.20. The Hall–Kier alpha value is -2.34. The molecule has 2 amide bonds. The Morgan fingerprint density at radius 1 is 1.00 bits per heavy atom. The number of ether oxygens (including phenoxy) is 1. The molecule has 0 atom stereocenters. The number of hydrogen-bond donors (Lipinski definition) is 2. The first-order chi connectivity index (χ1) is 12.1. The Labute approximate surface area is 155 Å². The third-order valence-corrected chi connectivity index (χ3v) is 3.90. The lowest BCUT2D eigenvalue weighted by atomic mass is 10.2. The van der Waals surface area contributed by atoms with E-state index in [1.165, 1.54) is 0 Å². The molecule has 0 aliphatic heterocycles. The summed E-state index contributed by atoms with van der Waals surface area (Å²) in [5.41, 5.74) is 1.27. The van der Waals surface area contributed by atoms with E-state index in [0.717, 1.165) is 17.3 Å². The van der Waals surface area contributed by atoms with Crippen LogP contribution in [-0.2, 0) is 9.59 Å². The monoisotopic (exact) mass is 404 g/mol. The molecule has 0 saturated heterocycles. The van der Waals surface area contributed by atoms with Gasteiger partial charge < -0.3 is 15.4 Å². The first-order valence-corrected chi connectivity index (χ1v) is 8.94. The van der Waals surface area contributed by atoms with Gasteiger partial charge in [-0.3, -0.25) is 9.59 Å². The minimum atomic E-state index is -0.266. The number of carbonyl (C=O) groups is 2. The number of nitrogens with one attached hydrogen (secondary N) is 2. The van der Waals surface area contributed by atoms with Gasteiger partial charge in [0, 0.05) is 22.3 Å². The van der Waals surface area contributed by atoms with Crippen molar-refractivity contribution in [3.05, 3.63) is 53.0 Å². The summed E-state index contributed by atoms with van der Waals surface area (Å²) in [7, 11) is 0. The summed E-state index contributed by atoms with van der Waals surface area (Å²) in [5, 5.41) is 5.58. The molecule has 0 bridgehead atoms. The average molecular weight is 405 g/mol. The van der Waals surface area contributed by atoms with Crippen LogP contribution >= 0.6 is 15.9 Å². The number of benzene rings is 2. The standard InChI is InChI=1S/C19H21BrN2O3/c1-2-3-7-18(23)21-15-5-4-6-16(12-15)22-19(24)13-25-17-10-8-14(20)9-11-17/h4-6,8-12H,2-3,7,13H2,1H3,(H,21,23)(H,22,24). The van der Waals surface area contributed by atoms with E-state index < -0.39 is 0 Å². The van der Waals surface area contributed by atoms with Gasteiger partial charge in [-0.25, -0.2) is 0 Å². The number of anilines is 2. The van der Waals surface area contributed by atoms with E-state index in [9.17, 15) is 9.59 Å². The van der Waals surface area contributed by atoms with Crippen LogP contribution in [0, 0.1) is 0 Å². The Morgan fingerprint density at radius 2 is 1.64 bits per heavy atom. The molecule has 0 radical (unpaired) electrons. The fraction of sp³-hybridized carbons (Fsp3) is 0.263. The summed E-state index contributed by atoms with van der Waals surface area (Å²) in [6.45, 7) is 1.95. The van der Waals surface area contributed by atoms with Crippen LogP contribution in [0.2, 0.25) is 0 Å². The number of hydrogen-bond acceptors (Lipinski definition) is 3. The van der Waals surface area contributed by atoms with E-state index in [-0.39, 0.29) is 18.4 Å². The van der Waals surface area contributed by atoms with Crippen LogP contribution in [0.1, 0.15) is 26.2 Å². The SMILES string of the molecule is CCCCC(=O)Nc1cccc(NC(=O)COc2ccc(Br)cc2)c1. The van der Waals surface area contributed by atoms with Crippen molar-refractivity contribution in [2.24, 2.45) is 0 Å². The fourth-order valence-electron chi connectivity index (χ4n) is 2.11. The van der Waals surface area contributed by atoms with Crippen LogP contribution in [0.3, 0.4) is 0 Å². The molecule has 6 heteroatoms. The van der Waals surface area contributed by atoms with Gasteiger partial charge in [0.1, 0.15) is 5.75 Å². The van der Waals surface area contributed by atoms with Crippen molar-refractivity contribution in [2.45, 2.75) is 26.2 Å². The molecule has 0 heterocycles. The van der Waals surface area contributed by atoms with Crippen LogP contribution in [0.5, 0.6) is 5.75 Å². The van der Waals surface area contributed by atoms with Gasteiger partial charge in [0.05, 0.1) is 0 Å². The van der Waals surface area contributed by atoms with Crippen molar-refractivity contribution in [3.8, 4) is 5.75 Å². The largest absolute Gasteiger partial charge is 0.484 e. The lowest BCUT2D eigenvalue weighted by Gasteiger charge is -2.10. The molecule has 132 valence electrons. The van der Waals surface area contributed by atoms with Crippen molar-refractivity contribution < 1.29 is 14.3 Å². The molecule has 5 nitrogen and oxygen atoms in total. The molecule has 2 aromatic carbocycles. The van der Waals surface area contributed by atoms with Crippen LogP contribution in [-0.4, -0.2) is 18.4 Å². The Kier molecular flexibility index (Phi) is 7.47. The lowest BCUT2D eigenvalue weighted by molar-refractivity contribution is -0.118. The summed E-state index contributed by atoms with van der Waals surface area (Å²) < 4.78 is 6.38. The van der Waals surface area contributed by atoms with E-state index in [1.54, 1.807) is 36.4 Å². The predicted octanol–water partition coefficient (Wildman–Crippen LogP) is 4.60. The van der Waals surface area contributed by atoms with E-state index in [0.29, 0.717) is 23.5 Å². The first kappa shape index (κ1) is 19.0. The molecular weight excluding hydrogens is 384 g/mol. The molecule has 2 N–H and O–H groups in total. The zero-order chi connectivity index (χ0) is 18.1. The third-order valence-electron chi connectivity index (χ3n) is 3.37. The number of amides is 2. The summed E-state index contributed by atoms with van der Waals surface area (Å²) in [4.78, 5) is 23.8. The summed E-state index contributed by atoms with van der Waals surface area (Å²) in [5.74, 6) is 0.330. The molecule has 2 rings (SSSR count). The zero-order valence-electron chi connectivity index (χ0n) is 14.0. The van der Waals surface area contributed by atoms with Gasteiger partial charge >= 0.3 is 0 Å². The topological polar surface area (TPSA) is 67.4 Å². The maximum Gasteiger partial charge on any atom is 0.262 e. The van der Waals surface area contributed by atoms with E-state index in [4.69, 9.17) is 4.74 Å². The van der Waals surface area contributed by atoms with E-state index >= 15 is 0 Å². The Bertz CT molecular complexity index is 717. The summed E-state index contributed by atoms with van der Waals surface area (Å²) in [6.07, 6.45) is 2.33. The molecule has 25 heavy (non-hydrogen) atoms. The van der Waals surface area contributed by atoms with Crippen LogP contribution in [0.4, 0.5) is 11.4 Å². The quantitative estimate of drug-likeness (QED) is 0.675. The highest BCUT2D eigenvalue weighted by molar-refractivity contribution is 9.10. The molecule has 0 saturated carbocycles. The third kappa shape index (κ3) is 6.97. The Morgan fingerprint density at radius 3 is 2.28 bits per heavy atom. The van der Waals surface area contributed by atoms with Crippen molar-refractivity contribution >= 4 is 39.1 Å². The molecule has 0 spiro atoms. The number of carbonyl (C=O) groups excluding carboxylic acids is 2. The van der Waals surface area contributed by atoms with Gasteiger partial charge in [-0.1, -0.05) is 35.3 Å². The van der Waals surface area contributed by atoms with Gasteiger partial charge in [0.25, 0.3) is 5.91 Å². The molecule has 0 fully saturated rings. The average Bonchev–Trinajstić information content (AvgIpc) is 2.60. The molecule has 0 aliphatic carbocycles. The van der Waals surface area contributed by atoms with Gasteiger partial charge in [-0.15, -0.1) is 0 Å². The first-order valence-electron chi connectivity index (χ1n) is 8.15. The number of rotatable bonds is 8. The second kappa shape index (κ2) is 9.84. The van der Waals surface area contributed by atoms with Crippen molar-refractivity contribution in [1.29, 1.82) is 0 Å². The molecule has 0 unspecified atom stereocenters. The van der Waals surface area contributed by atoms with Crippen molar-refractivity contribution in [2.75, 3.05) is 17.2 Å².